The molecule has 1 heterocycles. The minimum atomic E-state index is -0.368. The normalized spacial score (nSPS) is 13.4. The Morgan fingerprint density at radius 1 is 1.37 bits per heavy atom. The van der Waals surface area contributed by atoms with Gasteiger partial charge >= 0.3 is 5.97 Å². The van der Waals surface area contributed by atoms with E-state index in [1.165, 1.54) is 0 Å². The van der Waals surface area contributed by atoms with Gasteiger partial charge in [0, 0.05) is 12.1 Å². The van der Waals surface area contributed by atoms with Crippen LogP contribution in [-0.4, -0.2) is 25.1 Å². The van der Waals surface area contributed by atoms with Crippen LogP contribution < -0.4 is 10.1 Å². The highest BCUT2D eigenvalue weighted by Crippen LogP contribution is 2.26. The van der Waals surface area contributed by atoms with Crippen LogP contribution in [0.4, 0.5) is 5.69 Å². The predicted octanol–water partition coefficient (Wildman–Crippen LogP) is 1.90. The summed E-state index contributed by atoms with van der Waals surface area (Å²) in [6.07, 6.45) is 1.97. The van der Waals surface area contributed by atoms with Crippen LogP contribution in [0.5, 0.6) is 5.75 Å². The molecule has 0 atom stereocenters. The Labute approximate surface area is 111 Å². The van der Waals surface area contributed by atoms with Crippen LogP contribution in [-0.2, 0) is 20.7 Å². The van der Waals surface area contributed by atoms with Crippen molar-refractivity contribution < 1.29 is 19.1 Å². The first-order chi connectivity index (χ1) is 9.19. The minimum absolute atomic E-state index is 0.0318. The minimum Gasteiger partial charge on any atom is -0.482 e. The molecule has 0 unspecified atom stereocenters. The molecule has 1 aromatic rings. The van der Waals surface area contributed by atoms with Crippen molar-refractivity contribution >= 4 is 17.6 Å². The number of ether oxygens (including phenoxy) is 2. The molecule has 1 aliphatic heterocycles. The van der Waals surface area contributed by atoms with Gasteiger partial charge < -0.3 is 14.8 Å². The second-order valence-corrected chi connectivity index (χ2v) is 4.38. The number of carbonyl (C=O) groups is 2. The van der Waals surface area contributed by atoms with E-state index >= 15 is 0 Å². The summed E-state index contributed by atoms with van der Waals surface area (Å²) >= 11 is 0. The molecule has 0 radical (unpaired) electrons. The molecular weight excluding hydrogens is 246 g/mol. The molecule has 2 rings (SSSR count). The van der Waals surface area contributed by atoms with Gasteiger partial charge in [0.05, 0.1) is 6.61 Å². The summed E-state index contributed by atoms with van der Waals surface area (Å²) < 4.78 is 10.3. The largest absolute Gasteiger partial charge is 0.482 e. The number of benzene rings is 1. The Balaban J connectivity index is 1.91. The Bertz CT molecular complexity index is 484. The van der Waals surface area contributed by atoms with Gasteiger partial charge in [0.1, 0.15) is 5.75 Å². The summed E-state index contributed by atoms with van der Waals surface area (Å²) in [4.78, 5) is 22.5. The van der Waals surface area contributed by atoms with E-state index < -0.39 is 0 Å². The maximum absolute atomic E-state index is 11.3. The maximum atomic E-state index is 11.3. The molecule has 0 saturated carbocycles. The number of aryl methyl sites for hydroxylation is 1. The number of anilines is 1. The molecule has 1 amide bonds. The molecule has 19 heavy (non-hydrogen) atoms. The smallest absolute Gasteiger partial charge is 0.344 e. The average Bonchev–Trinajstić information content (AvgIpc) is 2.42. The molecule has 0 fully saturated rings. The fourth-order valence-corrected chi connectivity index (χ4v) is 1.85. The molecule has 102 valence electrons. The first-order valence-corrected chi connectivity index (χ1v) is 6.40. The zero-order valence-corrected chi connectivity index (χ0v) is 10.9. The number of fused-ring (bicyclic) bond motifs is 1. The van der Waals surface area contributed by atoms with Crippen molar-refractivity contribution in [1.82, 2.24) is 0 Å². The molecule has 0 spiro atoms. The van der Waals surface area contributed by atoms with Gasteiger partial charge in [0.2, 0.25) is 5.91 Å². The number of carbonyl (C=O) groups excluding carboxylic acids is 2. The monoisotopic (exact) mass is 263 g/mol. The highest BCUT2D eigenvalue weighted by molar-refractivity contribution is 5.94. The van der Waals surface area contributed by atoms with Crippen LogP contribution in [0.2, 0.25) is 0 Å². The topological polar surface area (TPSA) is 64.6 Å². The molecule has 5 heteroatoms. The summed E-state index contributed by atoms with van der Waals surface area (Å²) in [6, 6.07) is 5.37. The maximum Gasteiger partial charge on any atom is 0.344 e. The first kappa shape index (κ1) is 13.4. The van der Waals surface area contributed by atoms with Gasteiger partial charge in [-0.25, -0.2) is 4.79 Å². The van der Waals surface area contributed by atoms with Crippen LogP contribution in [0.15, 0.2) is 18.2 Å². The summed E-state index contributed by atoms with van der Waals surface area (Å²) in [7, 11) is 0. The number of esters is 1. The summed E-state index contributed by atoms with van der Waals surface area (Å²) in [5, 5.41) is 2.79. The number of rotatable bonds is 5. The van der Waals surface area contributed by atoms with E-state index in [4.69, 9.17) is 9.47 Å². The van der Waals surface area contributed by atoms with Crippen LogP contribution in [0.1, 0.15) is 25.3 Å². The van der Waals surface area contributed by atoms with Crippen molar-refractivity contribution in [1.29, 1.82) is 0 Å². The Morgan fingerprint density at radius 2 is 2.21 bits per heavy atom. The molecule has 0 bridgehead atoms. The lowest BCUT2D eigenvalue weighted by atomic mass is 10.0. The van der Waals surface area contributed by atoms with Crippen molar-refractivity contribution in [2.75, 3.05) is 18.5 Å². The Kier molecular flexibility index (Phi) is 4.39. The van der Waals surface area contributed by atoms with Gasteiger partial charge in [-0.15, -0.1) is 0 Å². The fourth-order valence-electron chi connectivity index (χ4n) is 1.85. The van der Waals surface area contributed by atoms with Gasteiger partial charge in [0.15, 0.2) is 6.61 Å². The van der Waals surface area contributed by atoms with E-state index in [0.717, 1.165) is 17.7 Å². The zero-order valence-electron chi connectivity index (χ0n) is 10.9. The first-order valence-electron chi connectivity index (χ1n) is 6.40. The number of hydrogen-bond donors (Lipinski definition) is 1. The second-order valence-electron chi connectivity index (χ2n) is 4.38. The highest BCUT2D eigenvalue weighted by Gasteiger charge is 2.15. The van der Waals surface area contributed by atoms with Gasteiger partial charge in [-0.3, -0.25) is 4.79 Å². The lowest BCUT2D eigenvalue weighted by Gasteiger charge is -2.17. The molecule has 0 aliphatic carbocycles. The molecule has 5 nitrogen and oxygen atoms in total. The summed E-state index contributed by atoms with van der Waals surface area (Å²) in [5.41, 5.74) is 1.84. The number of hydrogen-bond acceptors (Lipinski definition) is 4. The van der Waals surface area contributed by atoms with Crippen molar-refractivity contribution in [2.24, 2.45) is 0 Å². The molecule has 1 N–H and O–H groups in total. The quantitative estimate of drug-likeness (QED) is 0.824. The van der Waals surface area contributed by atoms with Gasteiger partial charge in [-0.1, -0.05) is 6.92 Å². The SMILES string of the molecule is CCCOC(=O)COc1ccc2c(c1)CCC(=O)N2. The van der Waals surface area contributed by atoms with E-state index in [2.05, 4.69) is 5.32 Å². The van der Waals surface area contributed by atoms with Crippen molar-refractivity contribution in [3.05, 3.63) is 23.8 Å². The van der Waals surface area contributed by atoms with Crippen LogP contribution in [0.3, 0.4) is 0 Å². The average molecular weight is 263 g/mol. The molecule has 1 aromatic carbocycles. The number of amides is 1. The Morgan fingerprint density at radius 3 is 3.00 bits per heavy atom. The third-order valence-electron chi connectivity index (χ3n) is 2.80. The standard InChI is InChI=1S/C14H17NO4/c1-2-7-18-14(17)9-19-11-4-5-12-10(8-11)3-6-13(16)15-12/h4-5,8H,2-3,6-7,9H2,1H3,(H,15,16). The van der Waals surface area contributed by atoms with Gasteiger partial charge in [-0.2, -0.15) is 0 Å². The highest BCUT2D eigenvalue weighted by atomic mass is 16.6. The predicted molar refractivity (Wildman–Crippen MR) is 70.1 cm³/mol. The molecular formula is C14H17NO4. The zero-order chi connectivity index (χ0) is 13.7. The summed E-state index contributed by atoms with van der Waals surface area (Å²) in [5.74, 6) is 0.278. The van der Waals surface area contributed by atoms with Gasteiger partial charge in [-0.05, 0) is 36.6 Å². The Hall–Kier alpha value is -2.04. The fraction of sp³-hybridized carbons (Fsp3) is 0.429. The molecule has 1 aliphatic rings. The van der Waals surface area contributed by atoms with Crippen LogP contribution >= 0.6 is 0 Å². The van der Waals surface area contributed by atoms with E-state index in [0.29, 0.717) is 25.2 Å². The van der Waals surface area contributed by atoms with E-state index in [-0.39, 0.29) is 18.5 Å². The van der Waals surface area contributed by atoms with Crippen molar-refractivity contribution in [3.8, 4) is 5.75 Å². The van der Waals surface area contributed by atoms with Crippen LogP contribution in [0.25, 0.3) is 0 Å². The second kappa shape index (κ2) is 6.22. The number of nitrogens with one attached hydrogen (secondary N) is 1. The van der Waals surface area contributed by atoms with E-state index in [9.17, 15) is 9.59 Å². The van der Waals surface area contributed by atoms with Crippen molar-refractivity contribution in [3.63, 3.8) is 0 Å². The third kappa shape index (κ3) is 3.71. The van der Waals surface area contributed by atoms with Crippen molar-refractivity contribution in [2.45, 2.75) is 26.2 Å². The lowest BCUT2D eigenvalue weighted by Crippen LogP contribution is -2.19. The summed E-state index contributed by atoms with van der Waals surface area (Å²) in [6.45, 7) is 2.26. The van der Waals surface area contributed by atoms with Crippen LogP contribution in [0, 0.1) is 0 Å². The lowest BCUT2D eigenvalue weighted by molar-refractivity contribution is -0.146. The third-order valence-corrected chi connectivity index (χ3v) is 2.80. The molecule has 0 saturated heterocycles. The van der Waals surface area contributed by atoms with E-state index in [1.54, 1.807) is 12.1 Å². The van der Waals surface area contributed by atoms with Gasteiger partial charge in [0.25, 0.3) is 0 Å². The van der Waals surface area contributed by atoms with E-state index in [1.807, 2.05) is 13.0 Å². The molecule has 0 aromatic heterocycles.